The summed E-state index contributed by atoms with van der Waals surface area (Å²) in [6, 6.07) is 7.77. The molecule has 1 aromatic carbocycles. The Morgan fingerprint density at radius 3 is 2.72 bits per heavy atom. The first-order valence-corrected chi connectivity index (χ1v) is 6.28. The van der Waals surface area contributed by atoms with E-state index in [2.05, 4.69) is 14.9 Å². The molecule has 18 heavy (non-hydrogen) atoms. The van der Waals surface area contributed by atoms with E-state index in [9.17, 15) is 4.79 Å². The van der Waals surface area contributed by atoms with Crippen LogP contribution < -0.4 is 0 Å². The van der Waals surface area contributed by atoms with Crippen LogP contribution in [0.15, 0.2) is 33.9 Å². The molecule has 0 radical (unpaired) electrons. The lowest BCUT2D eigenvalue weighted by Crippen LogP contribution is -2.02. The number of rotatable bonds is 4. The van der Waals surface area contributed by atoms with Crippen LogP contribution in [0.2, 0.25) is 0 Å². The quantitative estimate of drug-likeness (QED) is 0.623. The van der Waals surface area contributed by atoms with Crippen LogP contribution in [0, 0.1) is 6.92 Å². The van der Waals surface area contributed by atoms with Crippen molar-refractivity contribution in [2.75, 3.05) is 12.9 Å². The predicted octanol–water partition coefficient (Wildman–Crippen LogP) is 2.31. The van der Waals surface area contributed by atoms with Crippen LogP contribution in [0.4, 0.5) is 0 Å². The number of aromatic nitrogens is 2. The maximum Gasteiger partial charge on any atom is 0.316 e. The van der Waals surface area contributed by atoms with Crippen molar-refractivity contribution < 1.29 is 13.9 Å². The molecule has 0 atom stereocenters. The minimum atomic E-state index is -0.324. The highest BCUT2D eigenvalue weighted by Gasteiger charge is 2.10. The van der Waals surface area contributed by atoms with E-state index in [0.717, 1.165) is 17.3 Å². The van der Waals surface area contributed by atoms with Crippen molar-refractivity contribution in [2.45, 2.75) is 12.1 Å². The van der Waals surface area contributed by atoms with Gasteiger partial charge in [0, 0.05) is 5.56 Å². The second kappa shape index (κ2) is 5.68. The average Bonchev–Trinajstić information content (AvgIpc) is 2.85. The third-order valence-corrected chi connectivity index (χ3v) is 3.04. The molecule has 0 spiro atoms. The first kappa shape index (κ1) is 12.6. The monoisotopic (exact) mass is 264 g/mol. The molecular formula is C12H12N2O3S. The molecule has 0 saturated heterocycles. The highest BCUT2D eigenvalue weighted by Crippen LogP contribution is 2.23. The lowest BCUT2D eigenvalue weighted by molar-refractivity contribution is -0.137. The number of nitrogens with zero attached hydrogens (tertiary/aromatic N) is 2. The third-order valence-electron chi connectivity index (χ3n) is 2.25. The van der Waals surface area contributed by atoms with E-state index in [0.29, 0.717) is 11.1 Å². The maximum absolute atomic E-state index is 11.0. The fourth-order valence-corrected chi connectivity index (χ4v) is 1.86. The zero-order chi connectivity index (χ0) is 13.0. The van der Waals surface area contributed by atoms with Crippen LogP contribution >= 0.6 is 11.8 Å². The Labute approximate surface area is 109 Å². The molecule has 0 unspecified atom stereocenters. The number of esters is 1. The molecule has 2 rings (SSSR count). The molecule has 0 bridgehead atoms. The summed E-state index contributed by atoms with van der Waals surface area (Å²) < 4.78 is 9.96. The van der Waals surface area contributed by atoms with Crippen LogP contribution in [0.1, 0.15) is 5.56 Å². The van der Waals surface area contributed by atoms with Gasteiger partial charge in [0.15, 0.2) is 0 Å². The van der Waals surface area contributed by atoms with Gasteiger partial charge in [-0.3, -0.25) is 4.79 Å². The van der Waals surface area contributed by atoms with E-state index in [1.165, 1.54) is 12.7 Å². The molecule has 0 aliphatic rings. The van der Waals surface area contributed by atoms with Gasteiger partial charge in [-0.25, -0.2) is 0 Å². The summed E-state index contributed by atoms with van der Waals surface area (Å²) in [6.45, 7) is 2.01. The summed E-state index contributed by atoms with van der Waals surface area (Å²) >= 11 is 1.16. The second-order valence-corrected chi connectivity index (χ2v) is 4.53. The first-order valence-electron chi connectivity index (χ1n) is 5.29. The van der Waals surface area contributed by atoms with E-state index >= 15 is 0 Å². The highest BCUT2D eigenvalue weighted by atomic mass is 32.2. The number of carbonyl (C=O) groups is 1. The Morgan fingerprint density at radius 2 is 2.06 bits per heavy atom. The number of ether oxygens (including phenoxy) is 1. The highest BCUT2D eigenvalue weighted by molar-refractivity contribution is 7.99. The Balaban J connectivity index is 2.06. The molecule has 2 aromatic rings. The molecular weight excluding hydrogens is 252 g/mol. The minimum absolute atomic E-state index is 0.159. The van der Waals surface area contributed by atoms with Crippen LogP contribution in [0.5, 0.6) is 0 Å². The van der Waals surface area contributed by atoms with Gasteiger partial charge >= 0.3 is 5.97 Å². The molecule has 0 fully saturated rings. The largest absolute Gasteiger partial charge is 0.468 e. The maximum atomic E-state index is 11.0. The van der Waals surface area contributed by atoms with Gasteiger partial charge in [-0.05, 0) is 19.1 Å². The molecule has 6 heteroatoms. The SMILES string of the molecule is COC(=O)CSc1nnc(-c2ccc(C)cc2)o1. The number of hydrogen-bond acceptors (Lipinski definition) is 6. The van der Waals surface area contributed by atoms with E-state index in [1.807, 2.05) is 31.2 Å². The van der Waals surface area contributed by atoms with E-state index in [1.54, 1.807) is 0 Å². The number of aryl methyl sites for hydroxylation is 1. The van der Waals surface area contributed by atoms with Gasteiger partial charge in [0.25, 0.3) is 5.22 Å². The van der Waals surface area contributed by atoms with Gasteiger partial charge < -0.3 is 9.15 Å². The Morgan fingerprint density at radius 1 is 1.33 bits per heavy atom. The number of carbonyl (C=O) groups excluding carboxylic acids is 1. The summed E-state index contributed by atoms with van der Waals surface area (Å²) in [5.41, 5.74) is 2.02. The molecule has 0 N–H and O–H groups in total. The Kier molecular flexibility index (Phi) is 3.99. The van der Waals surface area contributed by atoms with Crippen molar-refractivity contribution in [3.8, 4) is 11.5 Å². The fourth-order valence-electron chi connectivity index (χ4n) is 1.26. The topological polar surface area (TPSA) is 65.2 Å². The van der Waals surface area contributed by atoms with Crippen LogP contribution in [0.25, 0.3) is 11.5 Å². The summed E-state index contributed by atoms with van der Waals surface area (Å²) in [5, 5.41) is 8.15. The molecule has 5 nitrogen and oxygen atoms in total. The zero-order valence-corrected chi connectivity index (χ0v) is 10.9. The van der Waals surface area contributed by atoms with Gasteiger partial charge in [-0.1, -0.05) is 29.5 Å². The Bertz CT molecular complexity index is 537. The standard InChI is InChI=1S/C12H12N2O3S/c1-8-3-5-9(6-4-8)11-13-14-12(17-11)18-7-10(15)16-2/h3-6H,7H2,1-2H3. The van der Waals surface area contributed by atoms with Gasteiger partial charge in [-0.2, -0.15) is 0 Å². The third kappa shape index (κ3) is 3.10. The van der Waals surface area contributed by atoms with Crippen molar-refractivity contribution in [2.24, 2.45) is 0 Å². The molecule has 1 aromatic heterocycles. The van der Waals surface area contributed by atoms with Crippen LogP contribution in [0.3, 0.4) is 0 Å². The summed E-state index contributed by atoms with van der Waals surface area (Å²) in [5.74, 6) is 0.281. The number of benzene rings is 1. The van der Waals surface area contributed by atoms with Crippen LogP contribution in [-0.4, -0.2) is 29.0 Å². The summed E-state index contributed by atoms with van der Waals surface area (Å²) in [7, 11) is 1.34. The number of hydrogen-bond donors (Lipinski definition) is 0. The van der Waals surface area contributed by atoms with Crippen molar-refractivity contribution in [3.05, 3.63) is 29.8 Å². The molecule has 0 aliphatic carbocycles. The van der Waals surface area contributed by atoms with Gasteiger partial charge in [0.1, 0.15) is 5.75 Å². The van der Waals surface area contributed by atoms with Crippen LogP contribution in [-0.2, 0) is 9.53 Å². The van der Waals surface area contributed by atoms with Gasteiger partial charge in [0.05, 0.1) is 7.11 Å². The van der Waals surface area contributed by atoms with Crippen molar-refractivity contribution >= 4 is 17.7 Å². The van der Waals surface area contributed by atoms with E-state index < -0.39 is 0 Å². The first-order chi connectivity index (χ1) is 8.69. The van der Waals surface area contributed by atoms with Crippen molar-refractivity contribution in [1.82, 2.24) is 10.2 Å². The smallest absolute Gasteiger partial charge is 0.316 e. The number of thioether (sulfide) groups is 1. The fraction of sp³-hybridized carbons (Fsp3) is 0.250. The van der Waals surface area contributed by atoms with E-state index in [4.69, 9.17) is 4.42 Å². The lowest BCUT2D eigenvalue weighted by Gasteiger charge is -1.96. The number of methoxy groups -OCH3 is 1. The summed E-state index contributed by atoms with van der Waals surface area (Å²) in [6.07, 6.45) is 0. The molecule has 1 heterocycles. The minimum Gasteiger partial charge on any atom is -0.468 e. The average molecular weight is 264 g/mol. The van der Waals surface area contributed by atoms with Gasteiger partial charge in [0.2, 0.25) is 5.89 Å². The lowest BCUT2D eigenvalue weighted by atomic mass is 10.1. The molecule has 0 amide bonds. The molecule has 94 valence electrons. The summed E-state index contributed by atoms with van der Waals surface area (Å²) in [4.78, 5) is 11.0. The zero-order valence-electron chi connectivity index (χ0n) is 10.0. The van der Waals surface area contributed by atoms with Crippen molar-refractivity contribution in [1.29, 1.82) is 0 Å². The van der Waals surface area contributed by atoms with Gasteiger partial charge in [-0.15, -0.1) is 10.2 Å². The Hall–Kier alpha value is -1.82. The second-order valence-electron chi connectivity index (χ2n) is 3.60. The molecule has 0 aliphatic heterocycles. The normalized spacial score (nSPS) is 10.3. The van der Waals surface area contributed by atoms with Crippen molar-refractivity contribution in [3.63, 3.8) is 0 Å². The predicted molar refractivity (Wildman–Crippen MR) is 67.2 cm³/mol. The van der Waals surface area contributed by atoms with E-state index in [-0.39, 0.29) is 11.7 Å². The molecule has 0 saturated carbocycles.